The van der Waals surface area contributed by atoms with Gasteiger partial charge in [0.15, 0.2) is 5.82 Å². The molecule has 0 bridgehead atoms. The van der Waals surface area contributed by atoms with Gasteiger partial charge in [-0.1, -0.05) is 45.4 Å². The zero-order valence-corrected chi connectivity index (χ0v) is 11.3. The van der Waals surface area contributed by atoms with Crippen LogP contribution >= 0.6 is 0 Å². The maximum atomic E-state index is 4.22. The van der Waals surface area contributed by atoms with Gasteiger partial charge in [-0.05, 0) is 13.0 Å². The maximum Gasteiger partial charge on any atom is 0.164 e. The molecule has 0 aliphatic rings. The number of hydrogen-bond acceptors (Lipinski definition) is 3. The van der Waals surface area contributed by atoms with Crippen LogP contribution in [0.4, 0.5) is 0 Å². The van der Waals surface area contributed by atoms with Gasteiger partial charge in [0, 0.05) is 7.05 Å². The number of nitrogens with one attached hydrogen (secondary N) is 1. The Balaban J connectivity index is 1.84. The molecule has 0 fully saturated rings. The normalized spacial score (nSPS) is 10.9. The predicted molar refractivity (Wildman–Crippen MR) is 70.7 cm³/mol. The average molecular weight is 238 g/mol. The van der Waals surface area contributed by atoms with Gasteiger partial charge in [0.2, 0.25) is 0 Å². The van der Waals surface area contributed by atoms with Crippen LogP contribution in [-0.2, 0) is 13.6 Å². The summed E-state index contributed by atoms with van der Waals surface area (Å²) in [5.41, 5.74) is 0. The van der Waals surface area contributed by atoms with E-state index < -0.39 is 0 Å². The molecule has 0 atom stereocenters. The van der Waals surface area contributed by atoms with E-state index in [1.165, 1.54) is 44.9 Å². The van der Waals surface area contributed by atoms with E-state index in [1.807, 2.05) is 7.05 Å². The van der Waals surface area contributed by atoms with Crippen LogP contribution in [0.5, 0.6) is 0 Å². The second-order valence-electron chi connectivity index (χ2n) is 4.63. The summed E-state index contributed by atoms with van der Waals surface area (Å²) >= 11 is 0. The topological polar surface area (TPSA) is 42.7 Å². The average Bonchev–Trinajstić information content (AvgIpc) is 2.73. The third-order valence-electron chi connectivity index (χ3n) is 2.89. The van der Waals surface area contributed by atoms with Crippen molar-refractivity contribution in [3.8, 4) is 0 Å². The minimum atomic E-state index is 0.788. The lowest BCUT2D eigenvalue weighted by Gasteiger charge is -2.02. The summed E-state index contributed by atoms with van der Waals surface area (Å²) in [6, 6.07) is 0. The second kappa shape index (κ2) is 9.16. The fraction of sp³-hybridized carbons (Fsp3) is 0.846. The number of hydrogen-bond donors (Lipinski definition) is 1. The Morgan fingerprint density at radius 3 is 2.47 bits per heavy atom. The van der Waals surface area contributed by atoms with Gasteiger partial charge >= 0.3 is 0 Å². The molecule has 0 saturated carbocycles. The maximum absolute atomic E-state index is 4.22. The van der Waals surface area contributed by atoms with E-state index in [0.717, 1.165) is 18.9 Å². The molecule has 98 valence electrons. The number of unbranched alkanes of at least 4 members (excludes halogenated alkanes) is 6. The van der Waals surface area contributed by atoms with Crippen molar-refractivity contribution in [3.63, 3.8) is 0 Å². The Morgan fingerprint density at radius 2 is 1.82 bits per heavy atom. The first-order chi connectivity index (χ1) is 8.33. The highest BCUT2D eigenvalue weighted by Crippen LogP contribution is 2.06. The Hall–Kier alpha value is -0.900. The minimum Gasteiger partial charge on any atom is -0.310 e. The quantitative estimate of drug-likeness (QED) is 0.637. The fourth-order valence-electron chi connectivity index (χ4n) is 1.87. The summed E-state index contributed by atoms with van der Waals surface area (Å²) < 4.78 is 1.74. The van der Waals surface area contributed by atoms with E-state index >= 15 is 0 Å². The van der Waals surface area contributed by atoms with Crippen molar-refractivity contribution < 1.29 is 0 Å². The molecule has 1 aromatic heterocycles. The molecule has 0 saturated heterocycles. The number of rotatable bonds is 10. The second-order valence-corrected chi connectivity index (χ2v) is 4.63. The smallest absolute Gasteiger partial charge is 0.164 e. The SMILES string of the molecule is CCCCCCCCCNCc1ncn(C)n1. The first-order valence-electron chi connectivity index (χ1n) is 6.88. The van der Waals surface area contributed by atoms with Crippen LogP contribution < -0.4 is 5.32 Å². The van der Waals surface area contributed by atoms with Crippen molar-refractivity contribution in [2.45, 2.75) is 58.4 Å². The Morgan fingerprint density at radius 1 is 1.12 bits per heavy atom. The van der Waals surface area contributed by atoms with Crippen LogP contribution in [0.1, 0.15) is 57.7 Å². The zero-order valence-electron chi connectivity index (χ0n) is 11.3. The standard InChI is InChI=1S/C13H26N4/c1-3-4-5-6-7-8-9-10-14-11-13-15-12-17(2)16-13/h12,14H,3-11H2,1-2H3. The first kappa shape index (κ1) is 14.2. The molecule has 1 heterocycles. The largest absolute Gasteiger partial charge is 0.310 e. The molecule has 1 rings (SSSR count). The van der Waals surface area contributed by atoms with E-state index in [1.54, 1.807) is 11.0 Å². The van der Waals surface area contributed by atoms with Gasteiger partial charge in [-0.25, -0.2) is 4.98 Å². The summed E-state index contributed by atoms with van der Waals surface area (Å²) in [4.78, 5) is 4.17. The lowest BCUT2D eigenvalue weighted by Crippen LogP contribution is -2.15. The van der Waals surface area contributed by atoms with Gasteiger partial charge < -0.3 is 5.32 Å². The van der Waals surface area contributed by atoms with Crippen LogP contribution in [0.25, 0.3) is 0 Å². The highest BCUT2D eigenvalue weighted by Gasteiger charge is 1.97. The third-order valence-corrected chi connectivity index (χ3v) is 2.89. The molecule has 1 aromatic rings. The van der Waals surface area contributed by atoms with Crippen LogP contribution in [-0.4, -0.2) is 21.3 Å². The van der Waals surface area contributed by atoms with Crippen molar-refractivity contribution in [1.29, 1.82) is 0 Å². The summed E-state index contributed by atoms with van der Waals surface area (Å²) in [7, 11) is 1.90. The zero-order chi connectivity index (χ0) is 12.3. The van der Waals surface area contributed by atoms with Crippen molar-refractivity contribution >= 4 is 0 Å². The van der Waals surface area contributed by atoms with Gasteiger partial charge in [0.1, 0.15) is 6.33 Å². The number of aromatic nitrogens is 3. The van der Waals surface area contributed by atoms with Crippen LogP contribution in [0.15, 0.2) is 6.33 Å². The van der Waals surface area contributed by atoms with Crippen LogP contribution in [0, 0.1) is 0 Å². The minimum absolute atomic E-state index is 0.788. The summed E-state index contributed by atoms with van der Waals surface area (Å²) in [6.07, 6.45) is 11.2. The first-order valence-corrected chi connectivity index (χ1v) is 6.88. The Labute approximate surface area is 105 Å². The van der Waals surface area contributed by atoms with Crippen molar-refractivity contribution in [1.82, 2.24) is 20.1 Å². The fourth-order valence-corrected chi connectivity index (χ4v) is 1.87. The van der Waals surface area contributed by atoms with Crippen molar-refractivity contribution in [2.75, 3.05) is 6.54 Å². The van der Waals surface area contributed by atoms with E-state index in [4.69, 9.17) is 0 Å². The molecular weight excluding hydrogens is 212 g/mol. The molecule has 4 heteroatoms. The highest BCUT2D eigenvalue weighted by molar-refractivity contribution is 4.79. The van der Waals surface area contributed by atoms with Gasteiger partial charge in [-0.2, -0.15) is 5.10 Å². The molecule has 0 aliphatic carbocycles. The van der Waals surface area contributed by atoms with Crippen molar-refractivity contribution in [3.05, 3.63) is 12.2 Å². The van der Waals surface area contributed by atoms with Crippen molar-refractivity contribution in [2.24, 2.45) is 7.05 Å². The van der Waals surface area contributed by atoms with Gasteiger partial charge in [0.25, 0.3) is 0 Å². The molecule has 0 spiro atoms. The Bertz CT molecular complexity index is 283. The molecule has 0 aromatic carbocycles. The highest BCUT2D eigenvalue weighted by atomic mass is 15.3. The van der Waals surface area contributed by atoms with E-state index in [9.17, 15) is 0 Å². The predicted octanol–water partition coefficient (Wildman–Crippen LogP) is 2.66. The monoisotopic (exact) mass is 238 g/mol. The van der Waals surface area contributed by atoms with E-state index in [-0.39, 0.29) is 0 Å². The van der Waals surface area contributed by atoms with E-state index in [2.05, 4.69) is 22.3 Å². The third kappa shape index (κ3) is 7.10. The molecule has 0 amide bonds. The van der Waals surface area contributed by atoms with Gasteiger partial charge in [-0.15, -0.1) is 0 Å². The molecule has 0 radical (unpaired) electrons. The molecule has 4 nitrogen and oxygen atoms in total. The summed E-state index contributed by atoms with van der Waals surface area (Å²) in [5.74, 6) is 0.885. The van der Waals surface area contributed by atoms with E-state index in [0.29, 0.717) is 0 Å². The summed E-state index contributed by atoms with van der Waals surface area (Å²) in [5, 5.41) is 7.60. The van der Waals surface area contributed by atoms with Crippen LogP contribution in [0.3, 0.4) is 0 Å². The lowest BCUT2D eigenvalue weighted by atomic mass is 10.1. The summed E-state index contributed by atoms with van der Waals surface area (Å²) in [6.45, 7) is 4.12. The number of aryl methyl sites for hydroxylation is 1. The molecule has 17 heavy (non-hydrogen) atoms. The molecule has 1 N–H and O–H groups in total. The van der Waals surface area contributed by atoms with Gasteiger partial charge in [-0.3, -0.25) is 4.68 Å². The Kier molecular flexibility index (Phi) is 7.63. The molecule has 0 aliphatic heterocycles. The van der Waals surface area contributed by atoms with Gasteiger partial charge in [0.05, 0.1) is 6.54 Å². The van der Waals surface area contributed by atoms with Crippen LogP contribution in [0.2, 0.25) is 0 Å². The lowest BCUT2D eigenvalue weighted by molar-refractivity contribution is 0.556. The molecular formula is C13H26N4. The number of nitrogens with zero attached hydrogens (tertiary/aromatic N) is 3. The molecule has 0 unspecified atom stereocenters.